The third-order valence-electron chi connectivity index (χ3n) is 3.95. The number of aryl methyl sites for hydroxylation is 3. The fraction of sp³-hybridized carbons (Fsp3) is 0.412. The number of nitro groups is 1. The standard InChI is InChI=1S/C17H22N4O3/c1-6-19(15-8-11(2)7-12(3)9-15)16(22)10-20-14(5)17(21(23)24)13(4)18-20/h7-9H,6,10H2,1-5H3. The van der Waals surface area contributed by atoms with Crippen LogP contribution >= 0.6 is 0 Å². The molecular formula is C17H22N4O3. The highest BCUT2D eigenvalue weighted by Crippen LogP contribution is 2.23. The molecule has 128 valence electrons. The quantitative estimate of drug-likeness (QED) is 0.623. The number of benzene rings is 1. The molecule has 0 atom stereocenters. The Labute approximate surface area is 141 Å². The van der Waals surface area contributed by atoms with Crippen molar-refractivity contribution in [2.75, 3.05) is 11.4 Å². The van der Waals surface area contributed by atoms with Gasteiger partial charge in [-0.25, -0.2) is 0 Å². The van der Waals surface area contributed by atoms with Crippen LogP contribution in [0.5, 0.6) is 0 Å². The molecule has 0 aliphatic carbocycles. The highest BCUT2D eigenvalue weighted by molar-refractivity contribution is 5.93. The minimum atomic E-state index is -0.458. The van der Waals surface area contributed by atoms with Crippen LogP contribution in [0, 0.1) is 37.8 Å². The van der Waals surface area contributed by atoms with Crippen molar-refractivity contribution < 1.29 is 9.72 Å². The van der Waals surface area contributed by atoms with Gasteiger partial charge in [-0.05, 0) is 57.9 Å². The zero-order valence-electron chi connectivity index (χ0n) is 14.7. The Balaban J connectivity index is 2.30. The maximum atomic E-state index is 12.7. The monoisotopic (exact) mass is 330 g/mol. The van der Waals surface area contributed by atoms with Crippen molar-refractivity contribution >= 4 is 17.3 Å². The lowest BCUT2D eigenvalue weighted by molar-refractivity contribution is -0.386. The van der Waals surface area contributed by atoms with E-state index in [1.54, 1.807) is 18.7 Å². The van der Waals surface area contributed by atoms with Crippen molar-refractivity contribution in [3.05, 3.63) is 50.8 Å². The van der Waals surface area contributed by atoms with E-state index in [1.165, 1.54) is 4.68 Å². The molecule has 0 saturated heterocycles. The summed E-state index contributed by atoms with van der Waals surface area (Å²) in [6, 6.07) is 5.96. The first-order valence-electron chi connectivity index (χ1n) is 7.81. The van der Waals surface area contributed by atoms with Crippen LogP contribution in [-0.4, -0.2) is 27.2 Å². The maximum Gasteiger partial charge on any atom is 0.312 e. The third kappa shape index (κ3) is 3.45. The lowest BCUT2D eigenvalue weighted by atomic mass is 10.1. The number of likely N-dealkylation sites (N-methyl/N-ethyl adjacent to an activating group) is 1. The summed E-state index contributed by atoms with van der Waals surface area (Å²) in [7, 11) is 0. The summed E-state index contributed by atoms with van der Waals surface area (Å²) >= 11 is 0. The molecule has 0 spiro atoms. The van der Waals surface area contributed by atoms with Gasteiger partial charge in [0, 0.05) is 12.2 Å². The summed E-state index contributed by atoms with van der Waals surface area (Å²) in [5, 5.41) is 15.2. The fourth-order valence-corrected chi connectivity index (χ4v) is 2.93. The molecular weight excluding hydrogens is 308 g/mol. The van der Waals surface area contributed by atoms with Gasteiger partial charge in [0.15, 0.2) is 0 Å². The van der Waals surface area contributed by atoms with Gasteiger partial charge in [0.1, 0.15) is 17.9 Å². The van der Waals surface area contributed by atoms with E-state index in [0.717, 1.165) is 16.8 Å². The lowest BCUT2D eigenvalue weighted by Crippen LogP contribution is -2.34. The van der Waals surface area contributed by atoms with Crippen molar-refractivity contribution in [2.24, 2.45) is 0 Å². The Morgan fingerprint density at radius 1 is 1.21 bits per heavy atom. The average Bonchev–Trinajstić information content (AvgIpc) is 2.72. The Morgan fingerprint density at radius 3 is 2.25 bits per heavy atom. The number of amides is 1. The maximum absolute atomic E-state index is 12.7. The Morgan fingerprint density at radius 2 is 1.79 bits per heavy atom. The van der Waals surface area contributed by atoms with Crippen LogP contribution in [-0.2, 0) is 11.3 Å². The number of carbonyl (C=O) groups is 1. The van der Waals surface area contributed by atoms with Crippen LogP contribution in [0.3, 0.4) is 0 Å². The minimum absolute atomic E-state index is 0.0264. The second kappa shape index (κ2) is 6.82. The predicted molar refractivity (Wildman–Crippen MR) is 92.3 cm³/mol. The SMILES string of the molecule is CCN(C(=O)Cn1nc(C)c([N+](=O)[O-])c1C)c1cc(C)cc(C)c1. The van der Waals surface area contributed by atoms with Crippen LogP contribution in [0.25, 0.3) is 0 Å². The van der Waals surface area contributed by atoms with Gasteiger partial charge in [-0.1, -0.05) is 6.07 Å². The zero-order chi connectivity index (χ0) is 18.0. The largest absolute Gasteiger partial charge is 0.312 e. The summed E-state index contributed by atoms with van der Waals surface area (Å²) in [5.41, 5.74) is 3.67. The fourth-order valence-electron chi connectivity index (χ4n) is 2.93. The van der Waals surface area contributed by atoms with Gasteiger partial charge in [-0.2, -0.15) is 5.10 Å². The van der Waals surface area contributed by atoms with Crippen LogP contribution in [0.4, 0.5) is 11.4 Å². The van der Waals surface area contributed by atoms with Crippen LogP contribution in [0.15, 0.2) is 18.2 Å². The van der Waals surface area contributed by atoms with Gasteiger partial charge in [-0.15, -0.1) is 0 Å². The molecule has 1 amide bonds. The number of carbonyl (C=O) groups excluding carboxylic acids is 1. The van der Waals surface area contributed by atoms with E-state index in [0.29, 0.717) is 17.9 Å². The van der Waals surface area contributed by atoms with Crippen molar-refractivity contribution in [3.63, 3.8) is 0 Å². The van der Waals surface area contributed by atoms with Gasteiger partial charge < -0.3 is 4.90 Å². The number of aromatic nitrogens is 2. The van der Waals surface area contributed by atoms with Crippen molar-refractivity contribution in [3.8, 4) is 0 Å². The van der Waals surface area contributed by atoms with Gasteiger partial charge in [0.2, 0.25) is 5.91 Å². The van der Waals surface area contributed by atoms with Gasteiger partial charge in [0.25, 0.3) is 0 Å². The second-order valence-electron chi connectivity index (χ2n) is 5.92. The Kier molecular flexibility index (Phi) is 5.02. The first-order valence-corrected chi connectivity index (χ1v) is 7.81. The molecule has 0 saturated carbocycles. The molecule has 7 heteroatoms. The highest BCUT2D eigenvalue weighted by Gasteiger charge is 2.24. The van der Waals surface area contributed by atoms with Gasteiger partial charge >= 0.3 is 5.69 Å². The lowest BCUT2D eigenvalue weighted by Gasteiger charge is -2.22. The summed E-state index contributed by atoms with van der Waals surface area (Å²) in [6.07, 6.45) is 0. The first-order chi connectivity index (χ1) is 11.2. The number of hydrogen-bond acceptors (Lipinski definition) is 4. The molecule has 0 bridgehead atoms. The van der Waals surface area contributed by atoms with E-state index in [2.05, 4.69) is 5.10 Å². The van der Waals surface area contributed by atoms with Crippen molar-refractivity contribution in [1.29, 1.82) is 0 Å². The van der Waals surface area contributed by atoms with Gasteiger partial charge in [0.05, 0.1) is 4.92 Å². The molecule has 0 aliphatic heterocycles. The van der Waals surface area contributed by atoms with Gasteiger partial charge in [-0.3, -0.25) is 19.6 Å². The average molecular weight is 330 g/mol. The van der Waals surface area contributed by atoms with E-state index in [4.69, 9.17) is 0 Å². The summed E-state index contributed by atoms with van der Waals surface area (Å²) in [5.74, 6) is -0.150. The molecule has 0 N–H and O–H groups in total. The van der Waals surface area contributed by atoms with Crippen LogP contribution in [0.1, 0.15) is 29.4 Å². The molecule has 1 heterocycles. The smallest absolute Gasteiger partial charge is 0.311 e. The summed E-state index contributed by atoms with van der Waals surface area (Å²) in [6.45, 7) is 9.55. The normalized spacial score (nSPS) is 10.7. The topological polar surface area (TPSA) is 81.3 Å². The highest BCUT2D eigenvalue weighted by atomic mass is 16.6. The van der Waals surface area contributed by atoms with Crippen LogP contribution < -0.4 is 4.90 Å². The van der Waals surface area contributed by atoms with E-state index in [9.17, 15) is 14.9 Å². The van der Waals surface area contributed by atoms with E-state index < -0.39 is 4.92 Å². The zero-order valence-corrected chi connectivity index (χ0v) is 14.7. The summed E-state index contributed by atoms with van der Waals surface area (Å²) < 4.78 is 1.40. The second-order valence-corrected chi connectivity index (χ2v) is 5.92. The van der Waals surface area contributed by atoms with E-state index in [-0.39, 0.29) is 18.1 Å². The number of anilines is 1. The first kappa shape index (κ1) is 17.7. The molecule has 24 heavy (non-hydrogen) atoms. The van der Waals surface area contributed by atoms with Crippen molar-refractivity contribution in [1.82, 2.24) is 9.78 Å². The molecule has 1 aromatic heterocycles. The number of hydrogen-bond donors (Lipinski definition) is 0. The minimum Gasteiger partial charge on any atom is -0.311 e. The number of nitrogens with zero attached hydrogens (tertiary/aromatic N) is 4. The molecule has 0 radical (unpaired) electrons. The molecule has 0 fully saturated rings. The summed E-state index contributed by atoms with van der Waals surface area (Å²) in [4.78, 5) is 25.0. The molecule has 2 rings (SSSR count). The molecule has 0 aliphatic rings. The van der Waals surface area contributed by atoms with E-state index >= 15 is 0 Å². The molecule has 1 aromatic carbocycles. The molecule has 0 unspecified atom stereocenters. The van der Waals surface area contributed by atoms with E-state index in [1.807, 2.05) is 39.0 Å². The Bertz CT molecular complexity index is 775. The molecule has 7 nitrogen and oxygen atoms in total. The predicted octanol–water partition coefficient (Wildman–Crippen LogP) is 3.08. The molecule has 2 aromatic rings. The van der Waals surface area contributed by atoms with Crippen LogP contribution in [0.2, 0.25) is 0 Å². The Hall–Kier alpha value is -2.70. The number of rotatable bonds is 5. The van der Waals surface area contributed by atoms with Crippen molar-refractivity contribution in [2.45, 2.75) is 41.2 Å². The third-order valence-corrected chi connectivity index (χ3v) is 3.95.